The fraction of sp³-hybridized carbons (Fsp3) is 0. The number of nitrogens with zero attached hydrogens (tertiary/aromatic N) is 5. The van der Waals surface area contributed by atoms with Gasteiger partial charge < -0.3 is 4.57 Å². The standard InChI is InChI=1S/C39H25N5/c1-2-12-26(13-3-1)39-41-32(24-38(42-39)44-34-19-9-4-14-27(34)28-15-5-10-20-35(28)44)30-17-7-11-21-36(30)43-33-18-8-6-16-29(33)31-25-40-23-22-37(31)43/h1-25H/i1D,2D,3D,4D,5D,6D,8D,9D,10D,12D,13D,14D,15D,16D,18D,19D,20D,24D. The Kier molecular flexibility index (Phi) is 2.80. The second-order valence-electron chi connectivity index (χ2n) is 9.60. The average molecular weight is 582 g/mol. The Labute approximate surface area is 278 Å². The molecule has 0 aliphatic carbocycles. The number of benzene rings is 5. The molecular formula is C39H25N5. The number of pyridine rings is 1. The minimum absolute atomic E-state index is 0.0347. The van der Waals surface area contributed by atoms with Crippen molar-refractivity contribution >= 4 is 43.6 Å². The molecule has 0 fully saturated rings. The van der Waals surface area contributed by atoms with Crippen LogP contribution in [0.5, 0.6) is 0 Å². The zero-order valence-corrected chi connectivity index (χ0v) is 22.3. The molecule has 0 spiro atoms. The Hall–Kier alpha value is -6.07. The molecule has 0 amide bonds. The van der Waals surface area contributed by atoms with E-state index in [1.165, 1.54) is 23.0 Å². The molecule has 0 unspecified atom stereocenters. The fourth-order valence-corrected chi connectivity index (χ4v) is 5.42. The zero-order chi connectivity index (χ0) is 44.7. The molecule has 0 saturated carbocycles. The second-order valence-corrected chi connectivity index (χ2v) is 9.60. The smallest absolute Gasteiger partial charge is 0.162 e. The van der Waals surface area contributed by atoms with Crippen LogP contribution in [0.3, 0.4) is 0 Å². The normalized spacial score (nSPS) is 17.4. The van der Waals surface area contributed by atoms with E-state index in [2.05, 4.69) is 15.0 Å². The highest BCUT2D eigenvalue weighted by atomic mass is 15.1. The Balaban J connectivity index is 1.52. The van der Waals surface area contributed by atoms with Crippen LogP contribution in [0.1, 0.15) is 24.7 Å². The van der Waals surface area contributed by atoms with Crippen molar-refractivity contribution in [3.05, 3.63) is 151 Å². The van der Waals surface area contributed by atoms with E-state index in [1.807, 2.05) is 0 Å². The molecule has 5 heteroatoms. The molecule has 0 atom stereocenters. The van der Waals surface area contributed by atoms with Gasteiger partial charge in [0.1, 0.15) is 5.82 Å². The van der Waals surface area contributed by atoms with Crippen LogP contribution in [0.15, 0.2) is 151 Å². The Morgan fingerprint density at radius 2 is 1.16 bits per heavy atom. The minimum atomic E-state index is -0.754. The van der Waals surface area contributed by atoms with Crippen molar-refractivity contribution in [2.24, 2.45) is 0 Å². The summed E-state index contributed by atoms with van der Waals surface area (Å²) in [4.78, 5) is 13.4. The molecule has 0 radical (unpaired) electrons. The van der Waals surface area contributed by atoms with Crippen molar-refractivity contribution in [2.75, 3.05) is 0 Å². The van der Waals surface area contributed by atoms with Gasteiger partial charge in [-0.15, -0.1) is 0 Å². The lowest BCUT2D eigenvalue weighted by molar-refractivity contribution is 1.04. The summed E-state index contributed by atoms with van der Waals surface area (Å²) in [5, 5.41) is -0.158. The summed E-state index contributed by atoms with van der Waals surface area (Å²) >= 11 is 0. The first-order valence-corrected chi connectivity index (χ1v) is 13.2. The molecule has 0 saturated heterocycles. The maximum atomic E-state index is 9.85. The van der Waals surface area contributed by atoms with E-state index >= 15 is 0 Å². The molecule has 0 bridgehead atoms. The lowest BCUT2D eigenvalue weighted by Crippen LogP contribution is -2.04. The van der Waals surface area contributed by atoms with Crippen molar-refractivity contribution in [1.29, 1.82) is 0 Å². The number of aromatic nitrogens is 5. The first-order chi connectivity index (χ1) is 29.3. The summed E-state index contributed by atoms with van der Waals surface area (Å²) in [6.45, 7) is 0. The summed E-state index contributed by atoms with van der Waals surface area (Å²) in [6, 6.07) is -3.87. The Morgan fingerprint density at radius 3 is 1.89 bits per heavy atom. The average Bonchev–Trinajstić information content (AvgIpc) is 3.81. The van der Waals surface area contributed by atoms with Crippen LogP contribution in [0, 0.1) is 0 Å². The lowest BCUT2D eigenvalue weighted by atomic mass is 10.1. The largest absolute Gasteiger partial charge is 0.308 e. The van der Waals surface area contributed by atoms with Gasteiger partial charge in [0.25, 0.3) is 0 Å². The molecule has 0 aliphatic rings. The van der Waals surface area contributed by atoms with E-state index in [0.717, 1.165) is 4.57 Å². The fourth-order valence-electron chi connectivity index (χ4n) is 5.42. The quantitative estimate of drug-likeness (QED) is 0.208. The highest BCUT2D eigenvalue weighted by Gasteiger charge is 2.19. The van der Waals surface area contributed by atoms with E-state index in [9.17, 15) is 1.37 Å². The summed E-state index contributed by atoms with van der Waals surface area (Å²) in [5.74, 6) is -1.13. The Bertz CT molecular complexity index is 3420. The highest BCUT2D eigenvalue weighted by molar-refractivity contribution is 6.10. The first-order valence-electron chi connectivity index (χ1n) is 22.2. The van der Waals surface area contributed by atoms with Crippen molar-refractivity contribution in [2.45, 2.75) is 0 Å². The van der Waals surface area contributed by atoms with E-state index in [4.69, 9.17) is 23.3 Å². The van der Waals surface area contributed by atoms with Crippen LogP contribution in [-0.4, -0.2) is 24.1 Å². The third-order valence-corrected chi connectivity index (χ3v) is 7.23. The molecule has 5 aromatic carbocycles. The zero-order valence-electron chi connectivity index (χ0n) is 40.3. The van der Waals surface area contributed by atoms with E-state index in [0.29, 0.717) is 10.9 Å². The molecule has 0 aliphatic heterocycles. The molecule has 44 heavy (non-hydrogen) atoms. The van der Waals surface area contributed by atoms with Gasteiger partial charge in [-0.2, -0.15) is 0 Å². The molecule has 206 valence electrons. The number of rotatable bonds is 4. The van der Waals surface area contributed by atoms with Gasteiger partial charge >= 0.3 is 0 Å². The topological polar surface area (TPSA) is 48.5 Å². The maximum absolute atomic E-state index is 9.85. The summed E-state index contributed by atoms with van der Waals surface area (Å²) in [6.07, 6.45) is 2.90. The summed E-state index contributed by atoms with van der Waals surface area (Å²) in [5.41, 5.74) is -0.985. The Morgan fingerprint density at radius 1 is 0.545 bits per heavy atom. The molecular weight excluding hydrogens is 538 g/mol. The molecule has 9 aromatic rings. The van der Waals surface area contributed by atoms with E-state index in [1.54, 1.807) is 24.3 Å². The van der Waals surface area contributed by atoms with Gasteiger partial charge in [0.2, 0.25) is 0 Å². The third-order valence-electron chi connectivity index (χ3n) is 7.23. The van der Waals surface area contributed by atoms with Gasteiger partial charge in [-0.1, -0.05) is 103 Å². The number of hydrogen-bond donors (Lipinski definition) is 0. The van der Waals surface area contributed by atoms with E-state index in [-0.39, 0.29) is 44.7 Å². The molecule has 0 N–H and O–H groups in total. The van der Waals surface area contributed by atoms with Crippen LogP contribution in [-0.2, 0) is 0 Å². The van der Waals surface area contributed by atoms with Gasteiger partial charge in [0.05, 0.1) is 58.1 Å². The number of fused-ring (bicyclic) bond motifs is 6. The summed E-state index contributed by atoms with van der Waals surface area (Å²) < 4.78 is 160. The van der Waals surface area contributed by atoms with Gasteiger partial charge in [0.15, 0.2) is 5.82 Å². The molecule has 4 aromatic heterocycles. The lowest BCUT2D eigenvalue weighted by Gasteiger charge is -2.16. The van der Waals surface area contributed by atoms with Gasteiger partial charge in [-0.05, 0) is 30.3 Å². The second kappa shape index (κ2) is 9.75. The van der Waals surface area contributed by atoms with Crippen LogP contribution in [0.4, 0.5) is 0 Å². The number of para-hydroxylation sites is 4. The van der Waals surface area contributed by atoms with Gasteiger partial charge in [-0.3, -0.25) is 9.55 Å². The van der Waals surface area contributed by atoms with Crippen LogP contribution >= 0.6 is 0 Å². The van der Waals surface area contributed by atoms with Gasteiger partial charge in [-0.25, -0.2) is 9.97 Å². The molecule has 5 nitrogen and oxygen atoms in total. The first kappa shape index (κ1) is 12.7. The van der Waals surface area contributed by atoms with Crippen molar-refractivity contribution < 1.29 is 24.7 Å². The highest BCUT2D eigenvalue weighted by Crippen LogP contribution is 2.37. The third kappa shape index (κ3) is 3.69. The molecule has 9 rings (SSSR count). The maximum Gasteiger partial charge on any atom is 0.162 e. The summed E-state index contributed by atoms with van der Waals surface area (Å²) in [7, 11) is 0. The predicted octanol–water partition coefficient (Wildman–Crippen LogP) is 9.40. The number of hydrogen-bond acceptors (Lipinski definition) is 3. The van der Waals surface area contributed by atoms with Crippen molar-refractivity contribution in [3.8, 4) is 34.2 Å². The predicted molar refractivity (Wildman–Crippen MR) is 179 cm³/mol. The van der Waals surface area contributed by atoms with Crippen LogP contribution < -0.4 is 0 Å². The molecule has 4 heterocycles. The van der Waals surface area contributed by atoms with E-state index < -0.39 is 131 Å². The van der Waals surface area contributed by atoms with Crippen molar-refractivity contribution in [3.63, 3.8) is 0 Å². The van der Waals surface area contributed by atoms with Gasteiger partial charge in [0, 0.05) is 51.1 Å². The SMILES string of the molecule is [2H]c1c(-c2ccccc2-n2c3ccncc3c3c([2H])c([2H])c([2H])c([2H])c32)nc(-c2c([2H])c([2H])c([2H])c([2H])c2[2H])nc1-n1c2c([2H])c([2H])c([2H])c([2H])c2c2c([2H])c([2H])c([2H])c([2H])c21. The van der Waals surface area contributed by atoms with Crippen molar-refractivity contribution in [1.82, 2.24) is 24.1 Å². The van der Waals surface area contributed by atoms with Crippen LogP contribution in [0.25, 0.3) is 77.8 Å². The van der Waals surface area contributed by atoms with Crippen LogP contribution in [0.2, 0.25) is 0 Å². The minimum Gasteiger partial charge on any atom is -0.308 e. The monoisotopic (exact) mass is 581 g/mol.